The molecule has 0 heterocycles. The highest BCUT2D eigenvalue weighted by Gasteiger charge is 2.29. The lowest BCUT2D eigenvalue weighted by Crippen LogP contribution is -2.39. The number of aliphatic hydroxyl groups is 1. The van der Waals surface area contributed by atoms with Crippen LogP contribution >= 0.6 is 0 Å². The number of nitrogens with zero attached hydrogens (tertiary/aromatic N) is 2. The second-order valence-electron chi connectivity index (χ2n) is 5.16. The van der Waals surface area contributed by atoms with E-state index in [-0.39, 0.29) is 22.8 Å². The summed E-state index contributed by atoms with van der Waals surface area (Å²) in [7, 11) is -2.65. The van der Waals surface area contributed by atoms with E-state index in [1.165, 1.54) is 20.9 Å². The lowest BCUT2D eigenvalue weighted by atomic mass is 10.1. The van der Waals surface area contributed by atoms with Gasteiger partial charge in [-0.15, -0.1) is 0 Å². The van der Waals surface area contributed by atoms with Gasteiger partial charge in [0, 0.05) is 25.7 Å². The molecule has 0 unspecified atom stereocenters. The predicted molar refractivity (Wildman–Crippen MR) is 77.0 cm³/mol. The molecule has 0 bridgehead atoms. The first-order chi connectivity index (χ1) is 9.49. The molecule has 0 fully saturated rings. The lowest BCUT2D eigenvalue weighted by Gasteiger charge is -2.25. The van der Waals surface area contributed by atoms with Crippen LogP contribution in [0.4, 0.5) is 11.4 Å². The van der Waals surface area contributed by atoms with Gasteiger partial charge in [0.1, 0.15) is 4.90 Å². The minimum absolute atomic E-state index is 0.0909. The molecule has 118 valence electrons. The van der Waals surface area contributed by atoms with Crippen molar-refractivity contribution in [3.8, 4) is 0 Å². The SMILES string of the molecule is CN(CC(C)(C)O)S(=O)(=O)c1ccc([N+](=O)[O-])cc1NN. The molecule has 10 heteroatoms. The van der Waals surface area contributed by atoms with Crippen molar-refractivity contribution in [3.63, 3.8) is 0 Å². The summed E-state index contributed by atoms with van der Waals surface area (Å²) in [6.07, 6.45) is 0. The van der Waals surface area contributed by atoms with Gasteiger partial charge in [0.05, 0.1) is 16.2 Å². The molecular weight excluding hydrogens is 300 g/mol. The van der Waals surface area contributed by atoms with Crippen LogP contribution in [0.5, 0.6) is 0 Å². The fourth-order valence-corrected chi connectivity index (χ4v) is 3.22. The summed E-state index contributed by atoms with van der Waals surface area (Å²) in [6.45, 7) is 2.80. The molecule has 9 nitrogen and oxygen atoms in total. The van der Waals surface area contributed by atoms with Crippen molar-refractivity contribution in [1.82, 2.24) is 4.31 Å². The smallest absolute Gasteiger partial charge is 0.271 e. The van der Waals surface area contributed by atoms with Crippen LogP contribution < -0.4 is 11.3 Å². The first-order valence-corrected chi connectivity index (χ1v) is 7.37. The molecule has 0 saturated heterocycles. The number of non-ortho nitro benzene ring substituents is 1. The van der Waals surface area contributed by atoms with Crippen LogP contribution in [0.3, 0.4) is 0 Å². The maximum Gasteiger partial charge on any atom is 0.271 e. The fraction of sp³-hybridized carbons (Fsp3) is 0.455. The summed E-state index contributed by atoms with van der Waals surface area (Å²) < 4.78 is 25.8. The van der Waals surface area contributed by atoms with Gasteiger partial charge in [-0.3, -0.25) is 16.0 Å². The van der Waals surface area contributed by atoms with Gasteiger partial charge in [0.25, 0.3) is 5.69 Å². The number of nitro benzene ring substituents is 1. The average Bonchev–Trinajstić information content (AvgIpc) is 2.35. The summed E-state index contributed by atoms with van der Waals surface area (Å²) in [6, 6.07) is 3.21. The van der Waals surface area contributed by atoms with Crippen molar-refractivity contribution in [3.05, 3.63) is 28.3 Å². The monoisotopic (exact) mass is 318 g/mol. The Kier molecular flexibility index (Phi) is 4.89. The summed E-state index contributed by atoms with van der Waals surface area (Å²) in [5, 5.41) is 20.4. The van der Waals surface area contributed by atoms with Gasteiger partial charge in [0.2, 0.25) is 10.0 Å². The highest BCUT2D eigenvalue weighted by molar-refractivity contribution is 7.89. The number of nitrogens with one attached hydrogen (secondary N) is 1. The van der Waals surface area contributed by atoms with E-state index in [0.29, 0.717) is 0 Å². The molecule has 1 rings (SSSR count). The molecule has 0 aromatic heterocycles. The summed E-state index contributed by atoms with van der Waals surface area (Å²) in [4.78, 5) is 9.83. The van der Waals surface area contributed by atoms with Crippen LogP contribution in [0.1, 0.15) is 13.8 Å². The number of sulfonamides is 1. The molecule has 1 aromatic carbocycles. The number of nitro groups is 1. The van der Waals surface area contributed by atoms with Gasteiger partial charge in [-0.05, 0) is 19.9 Å². The fourth-order valence-electron chi connectivity index (χ4n) is 1.77. The van der Waals surface area contributed by atoms with Crippen LogP contribution in [0, 0.1) is 10.1 Å². The van der Waals surface area contributed by atoms with Gasteiger partial charge in [-0.2, -0.15) is 4.31 Å². The largest absolute Gasteiger partial charge is 0.389 e. The Morgan fingerprint density at radius 3 is 2.48 bits per heavy atom. The topological polar surface area (TPSA) is 139 Å². The highest BCUT2D eigenvalue weighted by atomic mass is 32.2. The molecule has 0 aliphatic rings. The molecule has 0 atom stereocenters. The van der Waals surface area contributed by atoms with Crippen LogP contribution in [-0.4, -0.2) is 41.9 Å². The minimum atomic E-state index is -3.95. The molecule has 0 radical (unpaired) electrons. The third-order valence-electron chi connectivity index (χ3n) is 2.63. The Balaban J connectivity index is 3.28. The van der Waals surface area contributed by atoms with Crippen LogP contribution in [0.15, 0.2) is 23.1 Å². The van der Waals surface area contributed by atoms with Gasteiger partial charge >= 0.3 is 0 Å². The highest BCUT2D eigenvalue weighted by Crippen LogP contribution is 2.28. The molecule has 21 heavy (non-hydrogen) atoms. The molecule has 1 aromatic rings. The number of benzene rings is 1. The van der Waals surface area contributed by atoms with Crippen molar-refractivity contribution in [2.24, 2.45) is 5.84 Å². The first-order valence-electron chi connectivity index (χ1n) is 5.93. The van der Waals surface area contributed by atoms with Crippen molar-refractivity contribution in [1.29, 1.82) is 0 Å². The number of anilines is 1. The number of hydrazine groups is 1. The normalized spacial score (nSPS) is 12.5. The maximum absolute atomic E-state index is 12.4. The van der Waals surface area contributed by atoms with Crippen molar-refractivity contribution in [2.75, 3.05) is 19.0 Å². The standard InChI is InChI=1S/C11H18N4O5S/c1-11(2,16)7-14(3)21(19,20)10-5-4-8(15(17)18)6-9(10)13-12/h4-6,13,16H,7,12H2,1-3H3. The summed E-state index contributed by atoms with van der Waals surface area (Å²) >= 11 is 0. The van der Waals surface area contributed by atoms with E-state index in [1.54, 1.807) is 0 Å². The molecule has 0 saturated carbocycles. The Morgan fingerprint density at radius 2 is 2.05 bits per heavy atom. The number of likely N-dealkylation sites (N-methyl/N-ethyl adjacent to an activating group) is 1. The zero-order valence-electron chi connectivity index (χ0n) is 11.9. The number of hydrogen-bond donors (Lipinski definition) is 3. The van der Waals surface area contributed by atoms with E-state index in [9.17, 15) is 23.6 Å². The number of hydrogen-bond acceptors (Lipinski definition) is 7. The second-order valence-corrected chi connectivity index (χ2v) is 7.17. The predicted octanol–water partition coefficient (Wildman–Crippen LogP) is 0.272. The van der Waals surface area contributed by atoms with E-state index in [1.807, 2.05) is 0 Å². The van der Waals surface area contributed by atoms with Gasteiger partial charge in [0.15, 0.2) is 0 Å². The van der Waals surface area contributed by atoms with E-state index in [4.69, 9.17) is 5.84 Å². The Hall–Kier alpha value is -1.75. The van der Waals surface area contributed by atoms with Crippen molar-refractivity contribution >= 4 is 21.4 Å². The molecule has 0 aliphatic carbocycles. The van der Waals surface area contributed by atoms with Crippen molar-refractivity contribution in [2.45, 2.75) is 24.3 Å². The van der Waals surface area contributed by atoms with Crippen LogP contribution in [-0.2, 0) is 10.0 Å². The maximum atomic E-state index is 12.4. The van der Waals surface area contributed by atoms with E-state index in [2.05, 4.69) is 5.43 Å². The number of nitrogens with two attached hydrogens (primary N) is 1. The molecule has 0 aliphatic heterocycles. The van der Waals surface area contributed by atoms with Gasteiger partial charge in [-0.1, -0.05) is 0 Å². The third kappa shape index (κ3) is 4.11. The van der Waals surface area contributed by atoms with E-state index in [0.717, 1.165) is 22.5 Å². The second kappa shape index (κ2) is 5.93. The molecule has 0 amide bonds. The average molecular weight is 318 g/mol. The lowest BCUT2D eigenvalue weighted by molar-refractivity contribution is -0.384. The molecule has 0 spiro atoms. The van der Waals surface area contributed by atoms with Gasteiger partial charge < -0.3 is 10.5 Å². The first kappa shape index (κ1) is 17.3. The Labute approximate surface area is 122 Å². The number of nitrogen functional groups attached to an aromatic ring is 1. The summed E-state index contributed by atoms with van der Waals surface area (Å²) in [5.41, 5.74) is 0.543. The summed E-state index contributed by atoms with van der Waals surface area (Å²) in [5.74, 6) is 5.24. The van der Waals surface area contributed by atoms with E-state index >= 15 is 0 Å². The van der Waals surface area contributed by atoms with Crippen LogP contribution in [0.2, 0.25) is 0 Å². The number of rotatable bonds is 6. The Morgan fingerprint density at radius 1 is 1.48 bits per heavy atom. The van der Waals surface area contributed by atoms with E-state index < -0.39 is 20.5 Å². The van der Waals surface area contributed by atoms with Gasteiger partial charge in [-0.25, -0.2) is 8.42 Å². The zero-order valence-corrected chi connectivity index (χ0v) is 12.7. The zero-order chi connectivity index (χ0) is 16.4. The Bertz CT molecular complexity index is 639. The third-order valence-corrected chi connectivity index (χ3v) is 4.49. The van der Waals surface area contributed by atoms with Crippen LogP contribution in [0.25, 0.3) is 0 Å². The van der Waals surface area contributed by atoms with Crippen molar-refractivity contribution < 1.29 is 18.4 Å². The quantitative estimate of drug-likeness (QED) is 0.388. The minimum Gasteiger partial charge on any atom is -0.389 e. The molecular formula is C11H18N4O5S. The molecule has 4 N–H and O–H groups in total.